The molecule has 0 spiro atoms. The standard InChI is InChI=1S/C10H10IN3O/c1-6(12)9-13-10(15-14-9)7-2-4-8(11)5-3-7/h2-6H,12H2,1H3. The molecule has 78 valence electrons. The van der Waals surface area contributed by atoms with Crippen LogP contribution >= 0.6 is 22.6 Å². The van der Waals surface area contributed by atoms with Crippen molar-refractivity contribution >= 4 is 22.6 Å². The summed E-state index contributed by atoms with van der Waals surface area (Å²) in [4.78, 5) is 4.20. The minimum absolute atomic E-state index is 0.202. The van der Waals surface area contributed by atoms with E-state index in [2.05, 4.69) is 32.7 Å². The van der Waals surface area contributed by atoms with Crippen molar-refractivity contribution in [3.63, 3.8) is 0 Å². The van der Waals surface area contributed by atoms with Gasteiger partial charge in [-0.25, -0.2) is 0 Å². The molecule has 2 rings (SSSR count). The van der Waals surface area contributed by atoms with Crippen molar-refractivity contribution in [1.82, 2.24) is 10.1 Å². The van der Waals surface area contributed by atoms with E-state index in [1.54, 1.807) is 0 Å². The van der Waals surface area contributed by atoms with Gasteiger partial charge in [0.25, 0.3) is 5.89 Å². The lowest BCUT2D eigenvalue weighted by Crippen LogP contribution is -2.06. The molecule has 0 aliphatic heterocycles. The Bertz CT molecular complexity index is 450. The van der Waals surface area contributed by atoms with E-state index >= 15 is 0 Å². The third-order valence-corrected chi connectivity index (χ3v) is 2.66. The first kappa shape index (κ1) is 10.6. The van der Waals surface area contributed by atoms with Crippen molar-refractivity contribution in [2.24, 2.45) is 5.73 Å². The van der Waals surface area contributed by atoms with Crippen LogP contribution in [0.2, 0.25) is 0 Å². The molecule has 0 saturated carbocycles. The zero-order chi connectivity index (χ0) is 10.8. The summed E-state index contributed by atoms with van der Waals surface area (Å²) >= 11 is 2.25. The fourth-order valence-corrected chi connectivity index (χ4v) is 1.49. The first-order valence-corrected chi connectivity index (χ1v) is 5.60. The molecule has 15 heavy (non-hydrogen) atoms. The van der Waals surface area contributed by atoms with E-state index in [4.69, 9.17) is 10.3 Å². The van der Waals surface area contributed by atoms with Gasteiger partial charge in [-0.2, -0.15) is 4.98 Å². The van der Waals surface area contributed by atoms with Crippen LogP contribution in [0.1, 0.15) is 18.8 Å². The first-order valence-electron chi connectivity index (χ1n) is 4.52. The second-order valence-corrected chi connectivity index (χ2v) is 4.50. The van der Waals surface area contributed by atoms with E-state index in [9.17, 15) is 0 Å². The van der Waals surface area contributed by atoms with Gasteiger partial charge in [0.15, 0.2) is 5.82 Å². The van der Waals surface area contributed by atoms with Gasteiger partial charge in [0.1, 0.15) is 0 Å². The highest BCUT2D eigenvalue weighted by Crippen LogP contribution is 2.19. The molecule has 2 aromatic rings. The molecule has 1 aromatic heterocycles. The molecule has 0 saturated heterocycles. The number of hydrogen-bond acceptors (Lipinski definition) is 4. The van der Waals surface area contributed by atoms with Gasteiger partial charge in [-0.15, -0.1) is 0 Å². The summed E-state index contributed by atoms with van der Waals surface area (Å²) in [6.07, 6.45) is 0. The van der Waals surface area contributed by atoms with Gasteiger partial charge >= 0.3 is 0 Å². The van der Waals surface area contributed by atoms with Crippen LogP contribution in [0.5, 0.6) is 0 Å². The summed E-state index contributed by atoms with van der Waals surface area (Å²) in [5, 5.41) is 3.80. The second kappa shape index (κ2) is 4.28. The molecular formula is C10H10IN3O. The van der Waals surface area contributed by atoms with E-state index in [0.717, 1.165) is 5.56 Å². The van der Waals surface area contributed by atoms with E-state index in [1.165, 1.54) is 3.57 Å². The van der Waals surface area contributed by atoms with Gasteiger partial charge in [0, 0.05) is 9.13 Å². The van der Waals surface area contributed by atoms with Crippen molar-refractivity contribution in [1.29, 1.82) is 0 Å². The van der Waals surface area contributed by atoms with Gasteiger partial charge in [0.05, 0.1) is 6.04 Å². The summed E-state index contributed by atoms with van der Waals surface area (Å²) in [6, 6.07) is 7.67. The zero-order valence-electron chi connectivity index (χ0n) is 8.14. The topological polar surface area (TPSA) is 64.9 Å². The Morgan fingerprint density at radius 3 is 2.53 bits per heavy atom. The maximum atomic E-state index is 5.64. The van der Waals surface area contributed by atoms with Crippen molar-refractivity contribution in [2.45, 2.75) is 13.0 Å². The molecule has 0 radical (unpaired) electrons. The maximum absolute atomic E-state index is 5.64. The van der Waals surface area contributed by atoms with Crippen LogP contribution in [-0.4, -0.2) is 10.1 Å². The third kappa shape index (κ3) is 2.35. The van der Waals surface area contributed by atoms with Gasteiger partial charge in [-0.3, -0.25) is 0 Å². The number of hydrogen-bond donors (Lipinski definition) is 1. The highest BCUT2D eigenvalue weighted by molar-refractivity contribution is 14.1. The highest BCUT2D eigenvalue weighted by atomic mass is 127. The van der Waals surface area contributed by atoms with Gasteiger partial charge in [0.2, 0.25) is 0 Å². The van der Waals surface area contributed by atoms with Crippen LogP contribution in [0.3, 0.4) is 0 Å². The molecule has 0 fully saturated rings. The molecule has 4 nitrogen and oxygen atoms in total. The number of nitrogens with zero attached hydrogens (tertiary/aromatic N) is 2. The van der Waals surface area contributed by atoms with Crippen LogP contribution in [0, 0.1) is 3.57 Å². The fourth-order valence-electron chi connectivity index (χ4n) is 1.13. The number of benzene rings is 1. The summed E-state index contributed by atoms with van der Waals surface area (Å²) < 4.78 is 6.28. The van der Waals surface area contributed by atoms with Crippen LogP contribution in [-0.2, 0) is 0 Å². The lowest BCUT2D eigenvalue weighted by atomic mass is 10.2. The summed E-state index contributed by atoms with van der Waals surface area (Å²) in [7, 11) is 0. The van der Waals surface area contributed by atoms with E-state index in [1.807, 2.05) is 31.2 Å². The smallest absolute Gasteiger partial charge is 0.257 e. The predicted octanol–water partition coefficient (Wildman–Crippen LogP) is 2.36. The summed E-state index contributed by atoms with van der Waals surface area (Å²) in [6.45, 7) is 1.82. The van der Waals surface area contributed by atoms with Gasteiger partial charge in [-0.05, 0) is 53.8 Å². The molecule has 1 atom stereocenters. The van der Waals surface area contributed by atoms with E-state index < -0.39 is 0 Å². The molecule has 5 heteroatoms. The Morgan fingerprint density at radius 1 is 1.33 bits per heavy atom. The average molecular weight is 315 g/mol. The van der Waals surface area contributed by atoms with Crippen molar-refractivity contribution in [2.75, 3.05) is 0 Å². The van der Waals surface area contributed by atoms with Gasteiger partial charge < -0.3 is 10.3 Å². The maximum Gasteiger partial charge on any atom is 0.257 e. The Hall–Kier alpha value is -0.950. The Labute approximate surface area is 101 Å². The normalized spacial score (nSPS) is 12.7. The van der Waals surface area contributed by atoms with Crippen molar-refractivity contribution in [3.05, 3.63) is 33.7 Å². The Morgan fingerprint density at radius 2 is 2.00 bits per heavy atom. The molecule has 1 unspecified atom stereocenters. The fraction of sp³-hybridized carbons (Fsp3) is 0.200. The highest BCUT2D eigenvalue weighted by Gasteiger charge is 2.10. The monoisotopic (exact) mass is 315 g/mol. The van der Waals surface area contributed by atoms with E-state index in [0.29, 0.717) is 11.7 Å². The predicted molar refractivity (Wildman–Crippen MR) is 65.1 cm³/mol. The average Bonchev–Trinajstić information content (AvgIpc) is 2.68. The zero-order valence-corrected chi connectivity index (χ0v) is 10.3. The summed E-state index contributed by atoms with van der Waals surface area (Å²) in [5.74, 6) is 1.04. The molecule has 0 bridgehead atoms. The molecule has 1 aromatic carbocycles. The largest absolute Gasteiger partial charge is 0.334 e. The lowest BCUT2D eigenvalue weighted by Gasteiger charge is -1.94. The lowest BCUT2D eigenvalue weighted by molar-refractivity contribution is 0.418. The number of rotatable bonds is 2. The van der Waals surface area contributed by atoms with Crippen LogP contribution < -0.4 is 5.73 Å². The van der Waals surface area contributed by atoms with Gasteiger partial charge in [-0.1, -0.05) is 5.16 Å². The second-order valence-electron chi connectivity index (χ2n) is 3.25. The molecule has 0 amide bonds. The first-order chi connectivity index (χ1) is 7.16. The molecule has 2 N–H and O–H groups in total. The minimum atomic E-state index is -0.202. The number of nitrogens with two attached hydrogens (primary N) is 1. The summed E-state index contributed by atoms with van der Waals surface area (Å²) in [5.41, 5.74) is 6.55. The van der Waals surface area contributed by atoms with E-state index in [-0.39, 0.29) is 6.04 Å². The molecular weight excluding hydrogens is 305 g/mol. The van der Waals surface area contributed by atoms with Crippen molar-refractivity contribution in [3.8, 4) is 11.5 Å². The van der Waals surface area contributed by atoms with Crippen LogP contribution in [0.15, 0.2) is 28.8 Å². The third-order valence-electron chi connectivity index (χ3n) is 1.94. The quantitative estimate of drug-likeness (QED) is 0.864. The Kier molecular flexibility index (Phi) is 3.01. The van der Waals surface area contributed by atoms with Crippen LogP contribution in [0.4, 0.5) is 0 Å². The molecule has 1 heterocycles. The molecule has 0 aliphatic rings. The minimum Gasteiger partial charge on any atom is -0.334 e. The van der Waals surface area contributed by atoms with Crippen molar-refractivity contribution < 1.29 is 4.52 Å². The SMILES string of the molecule is CC(N)c1noc(-c2ccc(I)cc2)n1. The Balaban J connectivity index is 2.33. The molecule has 0 aliphatic carbocycles. The number of halogens is 1. The van der Waals surface area contributed by atoms with Crippen LogP contribution in [0.25, 0.3) is 11.5 Å². The number of aromatic nitrogens is 2.